The lowest BCUT2D eigenvalue weighted by molar-refractivity contribution is 0.112. The lowest BCUT2D eigenvalue weighted by atomic mass is 9.99. The minimum Gasteiger partial charge on any atom is -0.504 e. The van der Waals surface area contributed by atoms with Crippen molar-refractivity contribution in [1.29, 1.82) is 0 Å². The molecule has 3 aromatic carbocycles. The Morgan fingerprint density at radius 2 is 1.61 bits per heavy atom. The second kappa shape index (κ2) is 6.01. The number of phenolic OH excluding ortho intramolecular Hbond substituents is 1. The summed E-state index contributed by atoms with van der Waals surface area (Å²) in [7, 11) is 3.10. The van der Waals surface area contributed by atoms with Gasteiger partial charge in [0.05, 0.1) is 19.8 Å². The molecule has 0 aromatic heterocycles. The number of aldehydes is 1. The van der Waals surface area contributed by atoms with Crippen LogP contribution >= 0.6 is 0 Å². The van der Waals surface area contributed by atoms with Gasteiger partial charge in [-0.05, 0) is 52.2 Å². The Morgan fingerprint density at radius 3 is 2.30 bits per heavy atom. The number of rotatable bonds is 4. The Labute approximate surface area is 133 Å². The van der Waals surface area contributed by atoms with Gasteiger partial charge in [0.15, 0.2) is 17.8 Å². The first kappa shape index (κ1) is 14.9. The Balaban J connectivity index is 2.14. The quantitative estimate of drug-likeness (QED) is 0.739. The highest BCUT2D eigenvalue weighted by molar-refractivity contribution is 5.90. The molecule has 4 heteroatoms. The molecule has 3 aromatic rings. The van der Waals surface area contributed by atoms with Crippen LogP contribution in [0, 0.1) is 0 Å². The maximum Gasteiger partial charge on any atom is 0.168 e. The average Bonchev–Trinajstić information content (AvgIpc) is 2.61. The minimum absolute atomic E-state index is 0.142. The van der Waals surface area contributed by atoms with Crippen molar-refractivity contribution in [3.8, 4) is 28.4 Å². The van der Waals surface area contributed by atoms with E-state index in [1.165, 1.54) is 7.11 Å². The molecule has 0 saturated carbocycles. The van der Waals surface area contributed by atoms with Gasteiger partial charge in [-0.25, -0.2) is 0 Å². The lowest BCUT2D eigenvalue weighted by Crippen LogP contribution is -1.91. The van der Waals surface area contributed by atoms with Crippen LogP contribution in [-0.2, 0) is 0 Å². The number of phenols is 1. The first-order chi connectivity index (χ1) is 11.2. The molecule has 0 unspecified atom stereocenters. The van der Waals surface area contributed by atoms with Gasteiger partial charge in [-0.3, -0.25) is 4.79 Å². The minimum atomic E-state index is -0.142. The lowest BCUT2D eigenvalue weighted by Gasteiger charge is -2.10. The van der Waals surface area contributed by atoms with Crippen molar-refractivity contribution in [3.63, 3.8) is 0 Å². The van der Waals surface area contributed by atoms with Crippen molar-refractivity contribution in [2.75, 3.05) is 14.2 Å². The molecule has 0 amide bonds. The molecule has 116 valence electrons. The molecule has 1 N–H and O–H groups in total. The number of carbonyl (C=O) groups is 1. The number of hydrogen-bond acceptors (Lipinski definition) is 4. The van der Waals surface area contributed by atoms with Crippen LogP contribution in [0.25, 0.3) is 21.9 Å². The smallest absolute Gasteiger partial charge is 0.168 e. The zero-order chi connectivity index (χ0) is 16.4. The highest BCUT2D eigenvalue weighted by atomic mass is 16.5. The molecule has 23 heavy (non-hydrogen) atoms. The van der Waals surface area contributed by atoms with Gasteiger partial charge in [0.2, 0.25) is 0 Å². The summed E-state index contributed by atoms with van der Waals surface area (Å²) in [4.78, 5) is 11.1. The molecule has 3 rings (SSSR count). The third kappa shape index (κ3) is 2.71. The number of aromatic hydroxyl groups is 1. The van der Waals surface area contributed by atoms with Crippen molar-refractivity contribution in [2.45, 2.75) is 0 Å². The highest BCUT2D eigenvalue weighted by Gasteiger charge is 2.11. The van der Waals surface area contributed by atoms with Gasteiger partial charge in [0, 0.05) is 0 Å². The molecule has 0 fully saturated rings. The van der Waals surface area contributed by atoms with E-state index in [0.717, 1.165) is 27.6 Å². The van der Waals surface area contributed by atoms with Gasteiger partial charge < -0.3 is 14.6 Å². The molecule has 0 atom stereocenters. The van der Waals surface area contributed by atoms with E-state index < -0.39 is 0 Å². The summed E-state index contributed by atoms with van der Waals surface area (Å²) in [6.07, 6.45) is 0.618. The SMILES string of the molecule is COc1ccc2cc(-c3cc(C=O)c(O)c(OC)c3)ccc2c1. The summed E-state index contributed by atoms with van der Waals surface area (Å²) < 4.78 is 10.4. The largest absolute Gasteiger partial charge is 0.504 e. The van der Waals surface area contributed by atoms with Crippen LogP contribution in [0.15, 0.2) is 48.5 Å². The maximum absolute atomic E-state index is 11.1. The topological polar surface area (TPSA) is 55.8 Å². The fourth-order valence-corrected chi connectivity index (χ4v) is 2.57. The Bertz CT molecular complexity index is 884. The van der Waals surface area contributed by atoms with E-state index in [1.807, 2.05) is 36.4 Å². The summed E-state index contributed by atoms with van der Waals surface area (Å²) in [6.45, 7) is 0. The summed E-state index contributed by atoms with van der Waals surface area (Å²) in [6, 6.07) is 15.2. The van der Waals surface area contributed by atoms with Crippen LogP contribution in [-0.4, -0.2) is 25.6 Å². The maximum atomic E-state index is 11.1. The van der Waals surface area contributed by atoms with Crippen molar-refractivity contribution >= 4 is 17.1 Å². The van der Waals surface area contributed by atoms with Crippen molar-refractivity contribution in [3.05, 3.63) is 54.1 Å². The zero-order valence-electron chi connectivity index (χ0n) is 12.9. The van der Waals surface area contributed by atoms with Gasteiger partial charge in [-0.2, -0.15) is 0 Å². The first-order valence-corrected chi connectivity index (χ1v) is 7.10. The fourth-order valence-electron chi connectivity index (χ4n) is 2.57. The summed E-state index contributed by atoms with van der Waals surface area (Å²) in [5.74, 6) is 0.941. The average molecular weight is 308 g/mol. The van der Waals surface area contributed by atoms with Crippen LogP contribution < -0.4 is 9.47 Å². The second-order valence-corrected chi connectivity index (χ2v) is 5.16. The molecule has 0 saturated heterocycles. The summed E-state index contributed by atoms with van der Waals surface area (Å²) in [5.41, 5.74) is 1.94. The van der Waals surface area contributed by atoms with Gasteiger partial charge in [-0.15, -0.1) is 0 Å². The van der Waals surface area contributed by atoms with E-state index in [-0.39, 0.29) is 17.1 Å². The van der Waals surface area contributed by atoms with Gasteiger partial charge >= 0.3 is 0 Å². The molecule has 0 radical (unpaired) electrons. The number of methoxy groups -OCH3 is 2. The first-order valence-electron chi connectivity index (χ1n) is 7.10. The number of fused-ring (bicyclic) bond motifs is 1. The van der Waals surface area contributed by atoms with Crippen molar-refractivity contribution < 1.29 is 19.4 Å². The highest BCUT2D eigenvalue weighted by Crippen LogP contribution is 2.35. The van der Waals surface area contributed by atoms with E-state index in [0.29, 0.717) is 6.29 Å². The van der Waals surface area contributed by atoms with Crippen LogP contribution in [0.3, 0.4) is 0 Å². The molecule has 0 heterocycles. The van der Waals surface area contributed by atoms with Crippen molar-refractivity contribution in [2.24, 2.45) is 0 Å². The normalized spacial score (nSPS) is 10.5. The second-order valence-electron chi connectivity index (χ2n) is 5.16. The molecular weight excluding hydrogens is 292 g/mol. The zero-order valence-corrected chi connectivity index (χ0v) is 12.9. The predicted octanol–water partition coefficient (Wildman–Crippen LogP) is 4.04. The van der Waals surface area contributed by atoms with Gasteiger partial charge in [-0.1, -0.05) is 18.2 Å². The standard InChI is InChI=1S/C19H16O4/c1-22-17-6-5-12-7-13(3-4-14(12)9-17)15-8-16(11-20)19(21)18(10-15)23-2/h3-11,21H,1-2H3. The monoisotopic (exact) mass is 308 g/mol. The van der Waals surface area contributed by atoms with Crippen molar-refractivity contribution in [1.82, 2.24) is 0 Å². The van der Waals surface area contributed by atoms with E-state index in [9.17, 15) is 9.90 Å². The van der Waals surface area contributed by atoms with Gasteiger partial charge in [0.1, 0.15) is 5.75 Å². The fraction of sp³-hybridized carbons (Fsp3) is 0.105. The summed E-state index contributed by atoms with van der Waals surface area (Å²) in [5, 5.41) is 12.0. The number of ether oxygens (including phenoxy) is 2. The van der Waals surface area contributed by atoms with E-state index >= 15 is 0 Å². The number of hydrogen-bond donors (Lipinski definition) is 1. The van der Waals surface area contributed by atoms with Crippen LogP contribution in [0.1, 0.15) is 10.4 Å². The molecule has 0 aliphatic rings. The Kier molecular flexibility index (Phi) is 3.89. The van der Waals surface area contributed by atoms with E-state index in [2.05, 4.69) is 0 Å². The third-order valence-corrected chi connectivity index (χ3v) is 3.83. The van der Waals surface area contributed by atoms with Crippen LogP contribution in [0.2, 0.25) is 0 Å². The van der Waals surface area contributed by atoms with Crippen LogP contribution in [0.5, 0.6) is 17.2 Å². The molecule has 0 aliphatic carbocycles. The number of benzene rings is 3. The number of carbonyl (C=O) groups excluding carboxylic acids is 1. The third-order valence-electron chi connectivity index (χ3n) is 3.83. The molecule has 4 nitrogen and oxygen atoms in total. The molecule has 0 spiro atoms. The summed E-state index contributed by atoms with van der Waals surface area (Å²) >= 11 is 0. The Morgan fingerprint density at radius 1 is 0.870 bits per heavy atom. The molecular formula is C19H16O4. The van der Waals surface area contributed by atoms with E-state index in [4.69, 9.17) is 9.47 Å². The van der Waals surface area contributed by atoms with Crippen LogP contribution in [0.4, 0.5) is 0 Å². The Hall–Kier alpha value is -3.01. The molecule has 0 bridgehead atoms. The molecule has 0 aliphatic heterocycles. The predicted molar refractivity (Wildman–Crippen MR) is 89.5 cm³/mol. The van der Waals surface area contributed by atoms with Gasteiger partial charge in [0.25, 0.3) is 0 Å². The van der Waals surface area contributed by atoms with E-state index in [1.54, 1.807) is 19.2 Å².